The number of nitrogens with zero attached hydrogens (tertiary/aromatic N) is 3. The summed E-state index contributed by atoms with van der Waals surface area (Å²) in [6.07, 6.45) is 1.13. The zero-order chi connectivity index (χ0) is 23.7. The molecule has 3 atom stereocenters. The number of carbonyl (C=O) groups excluding carboxylic acids is 1. The molecule has 2 fully saturated rings. The highest BCUT2D eigenvalue weighted by Crippen LogP contribution is 2.30. The van der Waals surface area contributed by atoms with Gasteiger partial charge in [0.25, 0.3) is 5.91 Å². The number of morpholine rings is 1. The van der Waals surface area contributed by atoms with Gasteiger partial charge >= 0.3 is 0 Å². The van der Waals surface area contributed by atoms with Gasteiger partial charge in [0.2, 0.25) is 0 Å². The monoisotopic (exact) mass is 464 g/mol. The third-order valence-corrected chi connectivity index (χ3v) is 6.84. The molecule has 0 aliphatic carbocycles. The Morgan fingerprint density at radius 1 is 1.18 bits per heavy atom. The first-order valence-electron chi connectivity index (χ1n) is 11.9. The van der Waals surface area contributed by atoms with Crippen LogP contribution >= 0.6 is 0 Å². The molecule has 2 saturated heterocycles. The fourth-order valence-electron chi connectivity index (χ4n) is 5.25. The van der Waals surface area contributed by atoms with E-state index in [1.54, 1.807) is 18.7 Å². The Bertz CT molecular complexity index is 1130. The number of aliphatic hydroxyl groups is 1. The number of benzene rings is 2. The second kappa shape index (κ2) is 9.74. The summed E-state index contributed by atoms with van der Waals surface area (Å²) in [5.41, 5.74) is 2.52. The average Bonchev–Trinajstić information content (AvgIpc) is 3.18. The molecule has 3 aromatic rings. The third-order valence-electron chi connectivity index (χ3n) is 6.84. The van der Waals surface area contributed by atoms with Crippen LogP contribution in [0.2, 0.25) is 0 Å². The fraction of sp³-hybridized carbons (Fsp3) is 0.462. The van der Waals surface area contributed by atoms with E-state index in [9.17, 15) is 9.90 Å². The molecular weight excluding hydrogens is 432 g/mol. The van der Waals surface area contributed by atoms with E-state index >= 15 is 0 Å². The SMILES string of the molecule is COc1ccc(CN2C3COCC2CC(NC(=O)c2nn(CC(C)O)c4ccccc24)C3)cc1. The van der Waals surface area contributed by atoms with Gasteiger partial charge in [-0.25, -0.2) is 0 Å². The molecule has 2 aliphatic rings. The normalized spacial score (nSPS) is 23.6. The number of hydrogen-bond donors (Lipinski definition) is 2. The Labute approximate surface area is 199 Å². The highest BCUT2D eigenvalue weighted by Gasteiger charge is 2.39. The van der Waals surface area contributed by atoms with E-state index < -0.39 is 6.10 Å². The summed E-state index contributed by atoms with van der Waals surface area (Å²) in [5, 5.41) is 18.4. The molecule has 2 N–H and O–H groups in total. The number of amides is 1. The van der Waals surface area contributed by atoms with Crippen LogP contribution in [0.15, 0.2) is 48.5 Å². The topological polar surface area (TPSA) is 88.9 Å². The van der Waals surface area contributed by atoms with Crippen molar-refractivity contribution in [1.29, 1.82) is 0 Å². The van der Waals surface area contributed by atoms with Crippen molar-refractivity contribution in [2.75, 3.05) is 20.3 Å². The average molecular weight is 465 g/mol. The minimum absolute atomic E-state index is 0.0687. The van der Waals surface area contributed by atoms with Crippen LogP contribution in [0.4, 0.5) is 0 Å². The first-order chi connectivity index (χ1) is 16.5. The van der Waals surface area contributed by atoms with Gasteiger partial charge in [-0.1, -0.05) is 30.3 Å². The summed E-state index contributed by atoms with van der Waals surface area (Å²) >= 11 is 0. The van der Waals surface area contributed by atoms with Crippen LogP contribution in [0.3, 0.4) is 0 Å². The van der Waals surface area contributed by atoms with Crippen LogP contribution in [-0.2, 0) is 17.8 Å². The molecule has 180 valence electrons. The van der Waals surface area contributed by atoms with Gasteiger partial charge in [-0.05, 0) is 43.5 Å². The number of para-hydroxylation sites is 1. The van der Waals surface area contributed by atoms with E-state index in [1.807, 2.05) is 36.4 Å². The predicted octanol–water partition coefficient (Wildman–Crippen LogP) is 2.59. The van der Waals surface area contributed by atoms with Gasteiger partial charge in [0, 0.05) is 30.1 Å². The van der Waals surface area contributed by atoms with Gasteiger partial charge < -0.3 is 19.9 Å². The number of fused-ring (bicyclic) bond motifs is 3. The number of carbonyl (C=O) groups is 1. The molecule has 2 bridgehead atoms. The molecule has 0 saturated carbocycles. The molecule has 2 aromatic carbocycles. The Morgan fingerprint density at radius 2 is 1.88 bits per heavy atom. The first-order valence-corrected chi connectivity index (χ1v) is 11.9. The maximum atomic E-state index is 13.3. The highest BCUT2D eigenvalue weighted by atomic mass is 16.5. The van der Waals surface area contributed by atoms with E-state index in [1.165, 1.54) is 5.56 Å². The zero-order valence-corrected chi connectivity index (χ0v) is 19.7. The van der Waals surface area contributed by atoms with Gasteiger partial charge in [0.1, 0.15) is 5.75 Å². The Hall–Kier alpha value is -2.94. The molecule has 3 heterocycles. The van der Waals surface area contributed by atoms with Crippen LogP contribution < -0.4 is 10.1 Å². The smallest absolute Gasteiger partial charge is 0.272 e. The van der Waals surface area contributed by atoms with Crippen molar-refractivity contribution in [3.63, 3.8) is 0 Å². The van der Waals surface area contributed by atoms with Gasteiger partial charge in [0.05, 0.1) is 38.5 Å². The van der Waals surface area contributed by atoms with E-state index in [4.69, 9.17) is 9.47 Å². The zero-order valence-electron chi connectivity index (χ0n) is 19.7. The number of rotatable bonds is 7. The van der Waals surface area contributed by atoms with Gasteiger partial charge in [-0.3, -0.25) is 14.4 Å². The van der Waals surface area contributed by atoms with Crippen molar-refractivity contribution in [3.8, 4) is 5.75 Å². The van der Waals surface area contributed by atoms with Gasteiger partial charge in [-0.2, -0.15) is 5.10 Å². The molecule has 0 spiro atoms. The number of aliphatic hydroxyl groups excluding tert-OH is 1. The van der Waals surface area contributed by atoms with Crippen LogP contribution in [-0.4, -0.2) is 70.2 Å². The van der Waals surface area contributed by atoms with E-state index in [-0.39, 0.29) is 24.0 Å². The molecule has 34 heavy (non-hydrogen) atoms. The summed E-state index contributed by atoms with van der Waals surface area (Å²) < 4.78 is 12.9. The Balaban J connectivity index is 1.29. The maximum Gasteiger partial charge on any atom is 0.272 e. The quantitative estimate of drug-likeness (QED) is 0.559. The molecule has 3 unspecified atom stereocenters. The minimum Gasteiger partial charge on any atom is -0.497 e. The molecule has 1 amide bonds. The Kier molecular flexibility index (Phi) is 6.54. The minimum atomic E-state index is -0.548. The first kappa shape index (κ1) is 22.8. The van der Waals surface area contributed by atoms with Crippen LogP contribution in [0.1, 0.15) is 35.8 Å². The summed E-state index contributed by atoms with van der Waals surface area (Å²) in [6.45, 7) is 4.27. The van der Waals surface area contributed by atoms with E-state index in [0.717, 1.165) is 36.0 Å². The second-order valence-corrected chi connectivity index (χ2v) is 9.40. The van der Waals surface area contributed by atoms with Crippen LogP contribution in [0, 0.1) is 0 Å². The lowest BCUT2D eigenvalue weighted by Gasteiger charge is -2.48. The van der Waals surface area contributed by atoms with Crippen molar-refractivity contribution in [2.45, 2.75) is 57.1 Å². The lowest BCUT2D eigenvalue weighted by Crippen LogP contribution is -2.60. The third kappa shape index (κ3) is 4.66. The summed E-state index contributed by atoms with van der Waals surface area (Å²) in [7, 11) is 1.68. The molecule has 8 nitrogen and oxygen atoms in total. The van der Waals surface area contributed by atoms with Crippen molar-refractivity contribution in [3.05, 3.63) is 59.8 Å². The number of methoxy groups -OCH3 is 1. The molecule has 1 aromatic heterocycles. The number of piperidine rings is 1. The van der Waals surface area contributed by atoms with Crippen molar-refractivity contribution >= 4 is 16.8 Å². The molecule has 2 aliphatic heterocycles. The predicted molar refractivity (Wildman–Crippen MR) is 129 cm³/mol. The molecular formula is C26H32N4O4. The Morgan fingerprint density at radius 3 is 2.56 bits per heavy atom. The number of nitrogens with one attached hydrogen (secondary N) is 1. The summed E-state index contributed by atoms with van der Waals surface area (Å²) in [4.78, 5) is 15.8. The second-order valence-electron chi connectivity index (χ2n) is 9.40. The molecule has 0 radical (unpaired) electrons. The number of hydrogen-bond acceptors (Lipinski definition) is 6. The highest BCUT2D eigenvalue weighted by molar-refractivity contribution is 6.05. The lowest BCUT2D eigenvalue weighted by molar-refractivity contribution is -0.0843. The fourth-order valence-corrected chi connectivity index (χ4v) is 5.25. The van der Waals surface area contributed by atoms with Crippen LogP contribution in [0.25, 0.3) is 10.9 Å². The number of aromatic nitrogens is 2. The summed E-state index contributed by atoms with van der Waals surface area (Å²) in [6, 6.07) is 16.5. The van der Waals surface area contributed by atoms with Crippen molar-refractivity contribution < 1.29 is 19.4 Å². The number of ether oxygens (including phenoxy) is 2. The van der Waals surface area contributed by atoms with Crippen molar-refractivity contribution in [2.24, 2.45) is 0 Å². The maximum absolute atomic E-state index is 13.3. The molecule has 8 heteroatoms. The van der Waals surface area contributed by atoms with E-state index in [0.29, 0.717) is 25.5 Å². The lowest BCUT2D eigenvalue weighted by atomic mass is 9.89. The van der Waals surface area contributed by atoms with Crippen molar-refractivity contribution in [1.82, 2.24) is 20.0 Å². The van der Waals surface area contributed by atoms with Gasteiger partial charge in [0.15, 0.2) is 5.69 Å². The van der Waals surface area contributed by atoms with Crippen LogP contribution in [0.5, 0.6) is 5.75 Å². The largest absolute Gasteiger partial charge is 0.497 e. The summed E-state index contributed by atoms with van der Waals surface area (Å²) in [5.74, 6) is 0.699. The van der Waals surface area contributed by atoms with Gasteiger partial charge in [-0.15, -0.1) is 0 Å². The molecule has 5 rings (SSSR count). The van der Waals surface area contributed by atoms with E-state index in [2.05, 4.69) is 27.4 Å². The standard InChI is InChI=1S/C26H32N4O4/c1-17(31)13-30-24-6-4-3-5-23(24)25(28-30)26(32)27-19-11-20-15-34-16-21(12-19)29(20)14-18-7-9-22(33-2)10-8-18/h3-10,17,19-21,31H,11-16H2,1-2H3,(H,27,32).